The molecule has 1 aliphatic heterocycles. The van der Waals surface area contributed by atoms with Gasteiger partial charge in [0.25, 0.3) is 0 Å². The first kappa shape index (κ1) is 16.7. The van der Waals surface area contributed by atoms with Crippen LogP contribution in [0.5, 0.6) is 0 Å². The van der Waals surface area contributed by atoms with E-state index in [1.807, 2.05) is 22.9 Å². The van der Waals surface area contributed by atoms with Crippen molar-refractivity contribution in [3.8, 4) is 0 Å². The molecule has 0 saturated heterocycles. The topological polar surface area (TPSA) is 59.7 Å². The quantitative estimate of drug-likeness (QED) is 0.529. The van der Waals surface area contributed by atoms with Crippen LogP contribution >= 0.6 is 0 Å². The molecule has 1 aliphatic carbocycles. The fourth-order valence-corrected chi connectivity index (χ4v) is 4.30. The third-order valence-electron chi connectivity index (χ3n) is 5.91. The van der Waals surface area contributed by atoms with Gasteiger partial charge in [-0.2, -0.15) is 0 Å². The molecule has 1 atom stereocenters. The fourth-order valence-electron chi connectivity index (χ4n) is 4.30. The van der Waals surface area contributed by atoms with E-state index in [9.17, 15) is 0 Å². The number of hydrogen-bond acceptors (Lipinski definition) is 5. The summed E-state index contributed by atoms with van der Waals surface area (Å²) in [6.07, 6.45) is 3.34. The van der Waals surface area contributed by atoms with Crippen LogP contribution in [0, 0.1) is 0 Å². The minimum Gasteiger partial charge on any atom is -0.321 e. The van der Waals surface area contributed by atoms with E-state index in [-0.39, 0.29) is 0 Å². The van der Waals surface area contributed by atoms with Gasteiger partial charge in [0.2, 0.25) is 0 Å². The lowest BCUT2D eigenvalue weighted by Crippen LogP contribution is -2.25. The number of nitrogens with zero attached hydrogens (tertiary/aromatic N) is 6. The van der Waals surface area contributed by atoms with Crippen LogP contribution in [-0.2, 0) is 13.0 Å². The molecular weight excluding hydrogens is 360 g/mol. The van der Waals surface area contributed by atoms with Gasteiger partial charge in [0.15, 0.2) is 17.0 Å². The predicted molar refractivity (Wildman–Crippen MR) is 112 cm³/mol. The molecule has 0 N–H and O–H groups in total. The van der Waals surface area contributed by atoms with Gasteiger partial charge in [-0.05, 0) is 43.4 Å². The molecule has 2 aromatic heterocycles. The molecule has 0 radical (unpaired) electrons. The molecule has 0 bridgehead atoms. The summed E-state index contributed by atoms with van der Waals surface area (Å²) in [6.45, 7) is 2.91. The Morgan fingerprint density at radius 1 is 0.966 bits per heavy atom. The maximum atomic E-state index is 5.01. The average Bonchev–Trinajstić information content (AvgIpc) is 3.44. The van der Waals surface area contributed by atoms with Crippen LogP contribution in [0.25, 0.3) is 11.2 Å². The van der Waals surface area contributed by atoms with Gasteiger partial charge in [0.05, 0.1) is 6.54 Å². The molecule has 0 spiro atoms. The van der Waals surface area contributed by atoms with E-state index >= 15 is 0 Å². The SMILES string of the molecule is C[C@H]1Cc2ccccc2N1c1nc(C2CC2)nc2c1nnn2Cc1ccccc1. The third kappa shape index (κ3) is 2.78. The molecule has 6 heteroatoms. The van der Waals surface area contributed by atoms with Gasteiger partial charge in [-0.3, -0.25) is 0 Å². The lowest BCUT2D eigenvalue weighted by Gasteiger charge is -2.24. The van der Waals surface area contributed by atoms with Crippen LogP contribution in [-0.4, -0.2) is 31.0 Å². The van der Waals surface area contributed by atoms with Crippen molar-refractivity contribution in [2.75, 3.05) is 4.90 Å². The van der Waals surface area contributed by atoms with E-state index in [0.717, 1.165) is 42.1 Å². The summed E-state index contributed by atoms with van der Waals surface area (Å²) in [5.41, 5.74) is 5.38. The summed E-state index contributed by atoms with van der Waals surface area (Å²) >= 11 is 0. The highest BCUT2D eigenvalue weighted by molar-refractivity contribution is 5.87. The third-order valence-corrected chi connectivity index (χ3v) is 5.91. The van der Waals surface area contributed by atoms with Crippen LogP contribution in [0.3, 0.4) is 0 Å². The van der Waals surface area contributed by atoms with E-state index in [1.54, 1.807) is 0 Å². The molecule has 1 saturated carbocycles. The zero-order valence-corrected chi connectivity index (χ0v) is 16.4. The summed E-state index contributed by atoms with van der Waals surface area (Å²) in [5.74, 6) is 2.29. The Morgan fingerprint density at radius 3 is 2.59 bits per heavy atom. The van der Waals surface area contributed by atoms with Crippen LogP contribution in [0.4, 0.5) is 11.5 Å². The predicted octanol–water partition coefficient (Wildman–Crippen LogP) is 4.23. The lowest BCUT2D eigenvalue weighted by atomic mass is 10.1. The second-order valence-corrected chi connectivity index (χ2v) is 8.14. The summed E-state index contributed by atoms with van der Waals surface area (Å²) in [5, 5.41) is 9.00. The van der Waals surface area contributed by atoms with Gasteiger partial charge >= 0.3 is 0 Å². The Kier molecular flexibility index (Phi) is 3.66. The average molecular weight is 382 g/mol. The smallest absolute Gasteiger partial charge is 0.184 e. The zero-order valence-electron chi connectivity index (χ0n) is 16.4. The number of para-hydroxylation sites is 1. The van der Waals surface area contributed by atoms with Crippen molar-refractivity contribution in [1.29, 1.82) is 0 Å². The van der Waals surface area contributed by atoms with Gasteiger partial charge in [-0.15, -0.1) is 5.10 Å². The molecule has 29 heavy (non-hydrogen) atoms. The Hall–Kier alpha value is -3.28. The van der Waals surface area contributed by atoms with E-state index < -0.39 is 0 Å². The maximum Gasteiger partial charge on any atom is 0.184 e. The Labute approximate surface area is 169 Å². The number of hydrogen-bond donors (Lipinski definition) is 0. The fraction of sp³-hybridized carbons (Fsp3) is 0.304. The van der Waals surface area contributed by atoms with Gasteiger partial charge < -0.3 is 4.90 Å². The highest BCUT2D eigenvalue weighted by Gasteiger charge is 2.34. The summed E-state index contributed by atoms with van der Waals surface area (Å²) in [4.78, 5) is 12.2. The maximum absolute atomic E-state index is 5.01. The normalized spacial score (nSPS) is 18.4. The van der Waals surface area contributed by atoms with Crippen molar-refractivity contribution >= 4 is 22.7 Å². The standard InChI is InChI=1S/C23H22N6/c1-15-13-18-9-5-6-10-19(18)29(15)23-20-22(24-21(25-23)17-11-12-17)28(27-26-20)14-16-7-3-2-4-8-16/h2-10,15,17H,11-14H2,1H3/t15-/m0/s1. The minimum absolute atomic E-state index is 0.330. The number of anilines is 2. The molecular formula is C23H22N6. The van der Waals surface area contributed by atoms with Gasteiger partial charge in [-0.1, -0.05) is 53.7 Å². The molecule has 144 valence electrons. The van der Waals surface area contributed by atoms with E-state index in [1.165, 1.54) is 16.8 Å². The van der Waals surface area contributed by atoms with Crippen LogP contribution < -0.4 is 4.90 Å². The Bertz CT molecular complexity index is 1190. The molecule has 2 aromatic carbocycles. The Morgan fingerprint density at radius 2 is 1.76 bits per heavy atom. The number of aromatic nitrogens is 5. The summed E-state index contributed by atoms with van der Waals surface area (Å²) in [7, 11) is 0. The molecule has 3 heterocycles. The van der Waals surface area contributed by atoms with E-state index in [2.05, 4.69) is 58.5 Å². The van der Waals surface area contributed by atoms with E-state index in [0.29, 0.717) is 18.5 Å². The first-order valence-electron chi connectivity index (χ1n) is 10.3. The van der Waals surface area contributed by atoms with Crippen molar-refractivity contribution in [2.24, 2.45) is 0 Å². The van der Waals surface area contributed by atoms with Crippen LogP contribution in [0.2, 0.25) is 0 Å². The van der Waals surface area contributed by atoms with Crippen molar-refractivity contribution in [2.45, 2.75) is 44.7 Å². The van der Waals surface area contributed by atoms with E-state index in [4.69, 9.17) is 9.97 Å². The number of rotatable bonds is 4. The Balaban J connectivity index is 1.52. The molecule has 4 aromatic rings. The van der Waals surface area contributed by atoms with Crippen molar-refractivity contribution in [1.82, 2.24) is 25.0 Å². The van der Waals surface area contributed by atoms with Gasteiger partial charge in [-0.25, -0.2) is 14.6 Å². The van der Waals surface area contributed by atoms with Crippen molar-refractivity contribution in [3.05, 3.63) is 71.5 Å². The van der Waals surface area contributed by atoms with Crippen molar-refractivity contribution < 1.29 is 0 Å². The number of benzene rings is 2. The molecule has 1 fully saturated rings. The second-order valence-electron chi connectivity index (χ2n) is 8.14. The van der Waals surface area contributed by atoms with Crippen LogP contribution in [0.15, 0.2) is 54.6 Å². The molecule has 6 nitrogen and oxygen atoms in total. The first-order valence-corrected chi connectivity index (χ1v) is 10.3. The minimum atomic E-state index is 0.330. The molecule has 0 amide bonds. The highest BCUT2D eigenvalue weighted by Crippen LogP contribution is 2.43. The molecule has 0 unspecified atom stereocenters. The summed E-state index contributed by atoms with van der Waals surface area (Å²) in [6, 6.07) is 19.3. The number of fused-ring (bicyclic) bond motifs is 2. The van der Waals surface area contributed by atoms with Crippen molar-refractivity contribution in [3.63, 3.8) is 0 Å². The first-order chi connectivity index (χ1) is 14.3. The molecule has 2 aliphatic rings. The summed E-state index contributed by atoms with van der Waals surface area (Å²) < 4.78 is 1.91. The highest BCUT2D eigenvalue weighted by atomic mass is 15.5. The van der Waals surface area contributed by atoms with Gasteiger partial charge in [0.1, 0.15) is 5.82 Å². The van der Waals surface area contributed by atoms with Crippen LogP contribution in [0.1, 0.15) is 42.6 Å². The monoisotopic (exact) mass is 382 g/mol. The molecule has 6 rings (SSSR count). The lowest BCUT2D eigenvalue weighted by molar-refractivity contribution is 0.662. The largest absolute Gasteiger partial charge is 0.321 e. The van der Waals surface area contributed by atoms with Gasteiger partial charge in [0, 0.05) is 17.6 Å². The zero-order chi connectivity index (χ0) is 19.4. The second kappa shape index (κ2) is 6.37.